The summed E-state index contributed by atoms with van der Waals surface area (Å²) in [6.07, 6.45) is 2.18. The minimum absolute atomic E-state index is 0.0505. The van der Waals surface area contributed by atoms with Crippen molar-refractivity contribution in [2.24, 2.45) is 44.8 Å². The molecule has 2 aromatic carbocycles. The first-order valence-electron chi connectivity index (χ1n) is 14.9. The van der Waals surface area contributed by atoms with Gasteiger partial charge in [-0.15, -0.1) is 0 Å². The summed E-state index contributed by atoms with van der Waals surface area (Å²) in [4.78, 5) is 55.6. The number of hydrogen-bond acceptors (Lipinski definition) is 8. The molecule has 0 atom stereocenters. The normalized spacial score (nSPS) is 15.4. The molecule has 0 saturated heterocycles. The number of ether oxygens (including phenoxy) is 2. The van der Waals surface area contributed by atoms with E-state index in [2.05, 4.69) is 31.3 Å². The second kappa shape index (κ2) is 18.3. The van der Waals surface area contributed by atoms with Crippen LogP contribution in [0.4, 0.5) is 30.6 Å². The van der Waals surface area contributed by atoms with Gasteiger partial charge in [-0.25, -0.2) is 29.2 Å². The first-order chi connectivity index (χ1) is 22.0. The maximum Gasteiger partial charge on any atom is 0.416 e. The van der Waals surface area contributed by atoms with Crippen LogP contribution in [0, 0.1) is 11.8 Å². The first kappa shape index (κ1) is 34.9. The average Bonchev–Trinajstić information content (AvgIpc) is 3.00. The second-order valence-electron chi connectivity index (χ2n) is 10.8. The van der Waals surface area contributed by atoms with Crippen LogP contribution in [-0.2, 0) is 22.6 Å². The molecule has 0 bridgehead atoms. The smallest absolute Gasteiger partial charge is 0.370 e. The molecule has 248 valence electrons. The summed E-state index contributed by atoms with van der Waals surface area (Å²) in [7, 11) is 0. The molecule has 0 aromatic heterocycles. The molecule has 0 spiro atoms. The molecule has 0 heterocycles. The van der Waals surface area contributed by atoms with E-state index >= 15 is 0 Å². The molecule has 16 nitrogen and oxygen atoms in total. The monoisotopic (exact) mass is 638 g/mol. The number of rotatable bonds is 12. The van der Waals surface area contributed by atoms with Gasteiger partial charge in [0.2, 0.25) is 0 Å². The van der Waals surface area contributed by atoms with E-state index in [0.717, 1.165) is 49.7 Å². The standard InChI is InChI=1S/C30H42N10O6/c31-25(32)39-23-9-5-21(6-10-23)17-37-29(43)45-27(41)35-15-13-19-1-2-20(4-3-19)14-16-36-28(42)46-30(44)38-18-22-7-11-24(12-8-22)40-26(33)34/h5-12,19-20H,1-4,13-18H2,(H,35,41)(H,36,42)(H,37,43)(H,38,44)(H4,31,32,39)(H4,33,34,40). The van der Waals surface area contributed by atoms with Crippen molar-refractivity contribution in [3.05, 3.63) is 59.7 Å². The number of carbonyl (C=O) groups excluding carboxylic acids is 4. The number of amides is 4. The first-order valence-corrected chi connectivity index (χ1v) is 14.9. The number of guanidine groups is 2. The zero-order chi connectivity index (χ0) is 33.3. The fourth-order valence-corrected chi connectivity index (χ4v) is 4.90. The number of carbonyl (C=O) groups is 4. The topological polar surface area (TPSA) is 264 Å². The molecule has 12 N–H and O–H groups in total. The van der Waals surface area contributed by atoms with Crippen molar-refractivity contribution >= 4 is 47.7 Å². The molecule has 3 rings (SSSR count). The molecule has 0 unspecified atom stereocenters. The molecule has 0 radical (unpaired) electrons. The number of benzene rings is 2. The quantitative estimate of drug-likeness (QED) is 0.0956. The Labute approximate surface area is 266 Å². The third-order valence-corrected chi connectivity index (χ3v) is 7.24. The third-order valence-electron chi connectivity index (χ3n) is 7.24. The molecule has 2 aromatic rings. The van der Waals surface area contributed by atoms with E-state index in [1.165, 1.54) is 0 Å². The summed E-state index contributed by atoms with van der Waals surface area (Å²) in [6, 6.07) is 13.7. The number of aliphatic imine (C=N–C) groups is 2. The SMILES string of the molecule is NC(N)=Nc1ccc(CNC(=O)OC(=O)NCCC2CCC(CCNC(=O)OC(=O)NCc3ccc(N=C(N)N)cc3)CC2)cc1. The van der Waals surface area contributed by atoms with Crippen LogP contribution in [0.5, 0.6) is 0 Å². The van der Waals surface area contributed by atoms with Gasteiger partial charge in [-0.05, 0) is 60.1 Å². The Morgan fingerprint density at radius 2 is 0.891 bits per heavy atom. The zero-order valence-electron chi connectivity index (χ0n) is 25.5. The van der Waals surface area contributed by atoms with Crippen molar-refractivity contribution in [3.63, 3.8) is 0 Å². The molecular formula is C30H42N10O6. The van der Waals surface area contributed by atoms with Crippen molar-refractivity contribution < 1.29 is 28.7 Å². The van der Waals surface area contributed by atoms with Gasteiger partial charge >= 0.3 is 24.4 Å². The lowest BCUT2D eigenvalue weighted by Crippen LogP contribution is -2.34. The molecule has 16 heteroatoms. The molecule has 1 aliphatic carbocycles. The van der Waals surface area contributed by atoms with Crippen molar-refractivity contribution in [2.75, 3.05) is 13.1 Å². The van der Waals surface area contributed by atoms with Crippen LogP contribution in [-0.4, -0.2) is 49.4 Å². The number of nitrogens with two attached hydrogens (primary N) is 4. The Kier molecular flexibility index (Phi) is 13.9. The molecule has 1 saturated carbocycles. The predicted molar refractivity (Wildman–Crippen MR) is 172 cm³/mol. The molecule has 1 aliphatic rings. The van der Waals surface area contributed by atoms with Crippen molar-refractivity contribution in [1.82, 2.24) is 21.3 Å². The minimum Gasteiger partial charge on any atom is -0.370 e. The highest BCUT2D eigenvalue weighted by molar-refractivity contribution is 5.84. The van der Waals surface area contributed by atoms with Gasteiger partial charge in [-0.3, -0.25) is 0 Å². The Morgan fingerprint density at radius 1 is 0.565 bits per heavy atom. The van der Waals surface area contributed by atoms with Crippen LogP contribution in [0.25, 0.3) is 0 Å². The fraction of sp³-hybridized carbons (Fsp3) is 0.400. The summed E-state index contributed by atoms with van der Waals surface area (Å²) in [5, 5.41) is 10.3. The third kappa shape index (κ3) is 13.8. The van der Waals surface area contributed by atoms with Gasteiger partial charge in [-0.2, -0.15) is 0 Å². The van der Waals surface area contributed by atoms with Crippen LogP contribution in [0.2, 0.25) is 0 Å². The maximum absolute atomic E-state index is 12.0. The van der Waals surface area contributed by atoms with E-state index in [1.54, 1.807) is 48.5 Å². The van der Waals surface area contributed by atoms with E-state index in [9.17, 15) is 19.2 Å². The number of hydrogen-bond donors (Lipinski definition) is 8. The van der Waals surface area contributed by atoms with Crippen LogP contribution >= 0.6 is 0 Å². The lowest BCUT2D eigenvalue weighted by molar-refractivity contribution is 0.146. The van der Waals surface area contributed by atoms with E-state index < -0.39 is 24.4 Å². The second-order valence-corrected chi connectivity index (χ2v) is 10.8. The van der Waals surface area contributed by atoms with Crippen molar-refractivity contribution in [3.8, 4) is 0 Å². The largest absolute Gasteiger partial charge is 0.416 e. The van der Waals surface area contributed by atoms with Crippen LogP contribution < -0.4 is 44.2 Å². The predicted octanol–water partition coefficient (Wildman–Crippen LogP) is 2.65. The minimum atomic E-state index is -0.850. The Morgan fingerprint density at radius 3 is 1.22 bits per heavy atom. The van der Waals surface area contributed by atoms with Crippen LogP contribution in [0.3, 0.4) is 0 Å². The van der Waals surface area contributed by atoms with Gasteiger partial charge in [-0.1, -0.05) is 49.9 Å². The van der Waals surface area contributed by atoms with E-state index in [4.69, 9.17) is 32.4 Å². The van der Waals surface area contributed by atoms with Crippen molar-refractivity contribution in [2.45, 2.75) is 51.6 Å². The highest BCUT2D eigenvalue weighted by Gasteiger charge is 2.22. The van der Waals surface area contributed by atoms with Gasteiger partial charge < -0.3 is 53.7 Å². The van der Waals surface area contributed by atoms with Gasteiger partial charge in [0.25, 0.3) is 0 Å². The van der Waals surface area contributed by atoms with Gasteiger partial charge in [0.1, 0.15) is 0 Å². The van der Waals surface area contributed by atoms with E-state index in [-0.39, 0.29) is 25.0 Å². The van der Waals surface area contributed by atoms with Crippen LogP contribution in [0.1, 0.15) is 49.7 Å². The van der Waals surface area contributed by atoms with Gasteiger partial charge in [0.15, 0.2) is 11.9 Å². The Balaban J connectivity index is 1.19. The molecule has 1 fully saturated rings. The number of alkyl carbamates (subject to hydrolysis) is 4. The maximum atomic E-state index is 12.0. The molecule has 0 aliphatic heterocycles. The van der Waals surface area contributed by atoms with E-state index in [0.29, 0.717) is 36.3 Å². The van der Waals surface area contributed by atoms with Crippen LogP contribution in [0.15, 0.2) is 58.5 Å². The summed E-state index contributed by atoms with van der Waals surface area (Å²) in [5.74, 6) is 0.782. The summed E-state index contributed by atoms with van der Waals surface area (Å²) in [5.41, 5.74) is 24.1. The van der Waals surface area contributed by atoms with Gasteiger partial charge in [0.05, 0.1) is 11.4 Å². The average molecular weight is 639 g/mol. The fourth-order valence-electron chi connectivity index (χ4n) is 4.90. The lowest BCUT2D eigenvalue weighted by atomic mass is 9.79. The lowest BCUT2D eigenvalue weighted by Gasteiger charge is -2.28. The van der Waals surface area contributed by atoms with E-state index in [1.807, 2.05) is 0 Å². The molecular weight excluding hydrogens is 596 g/mol. The summed E-state index contributed by atoms with van der Waals surface area (Å²) in [6.45, 7) is 1.13. The zero-order valence-corrected chi connectivity index (χ0v) is 25.5. The highest BCUT2D eigenvalue weighted by atomic mass is 16.6. The Bertz CT molecular complexity index is 1260. The number of nitrogens with zero attached hydrogens (tertiary/aromatic N) is 2. The molecule has 46 heavy (non-hydrogen) atoms. The number of nitrogens with one attached hydrogen (secondary N) is 4. The summed E-state index contributed by atoms with van der Waals surface area (Å²) >= 11 is 0. The summed E-state index contributed by atoms with van der Waals surface area (Å²) < 4.78 is 9.51. The highest BCUT2D eigenvalue weighted by Crippen LogP contribution is 2.32. The molecule has 4 amide bonds. The van der Waals surface area contributed by atoms with Gasteiger partial charge in [0, 0.05) is 26.2 Å². The Hall–Kier alpha value is -5.54. The van der Waals surface area contributed by atoms with Crippen molar-refractivity contribution in [1.29, 1.82) is 0 Å².